The molecule has 20 heavy (non-hydrogen) atoms. The number of aromatic nitrogens is 2. The fourth-order valence-electron chi connectivity index (χ4n) is 2.43. The summed E-state index contributed by atoms with van der Waals surface area (Å²) in [5.74, 6) is -0.347. The Hall–Kier alpha value is -1.27. The quantitative estimate of drug-likeness (QED) is 0.625. The van der Waals surface area contributed by atoms with Crippen LogP contribution < -0.4 is 5.48 Å². The van der Waals surface area contributed by atoms with Gasteiger partial charge in [0.15, 0.2) is 0 Å². The number of nitrogens with one attached hydrogen (secondary N) is 1. The molecule has 0 radical (unpaired) electrons. The lowest BCUT2D eigenvalue weighted by atomic mass is 9.96. The first-order valence-electron chi connectivity index (χ1n) is 6.93. The predicted molar refractivity (Wildman–Crippen MR) is 80.5 cm³/mol. The molecular weight excluding hydrogens is 274 g/mol. The molecule has 6 heteroatoms. The van der Waals surface area contributed by atoms with Crippen LogP contribution in [-0.2, 0) is 11.3 Å². The lowest BCUT2D eigenvalue weighted by Crippen LogP contribution is -2.30. The van der Waals surface area contributed by atoms with E-state index in [1.54, 1.807) is 5.48 Å². The summed E-state index contributed by atoms with van der Waals surface area (Å²) in [6.45, 7) is 0.673. The van der Waals surface area contributed by atoms with Crippen molar-refractivity contribution in [3.8, 4) is 0 Å². The molecule has 0 saturated heterocycles. The van der Waals surface area contributed by atoms with Gasteiger partial charge in [0.2, 0.25) is 0 Å². The number of allylic oxidation sites excluding steroid dienone is 2. The van der Waals surface area contributed by atoms with Crippen molar-refractivity contribution in [2.75, 3.05) is 6.26 Å². The van der Waals surface area contributed by atoms with E-state index >= 15 is 0 Å². The van der Waals surface area contributed by atoms with Crippen LogP contribution in [0.15, 0.2) is 18.5 Å². The number of hydrogen-bond donors (Lipinski definition) is 2. The number of carbonyl (C=O) groups is 1. The normalized spacial score (nSPS) is 16.6. The van der Waals surface area contributed by atoms with Gasteiger partial charge in [-0.05, 0) is 43.9 Å². The first kappa shape index (κ1) is 15.1. The fraction of sp³-hybridized carbons (Fsp3) is 0.571. The summed E-state index contributed by atoms with van der Waals surface area (Å²) < 4.78 is 1.87. The third-order valence-corrected chi connectivity index (χ3v) is 4.62. The summed E-state index contributed by atoms with van der Waals surface area (Å²) >= 11 is 1.43. The van der Waals surface area contributed by atoms with Gasteiger partial charge in [-0.1, -0.05) is 6.08 Å². The van der Waals surface area contributed by atoms with Gasteiger partial charge in [0, 0.05) is 18.3 Å². The maximum absolute atomic E-state index is 11.4. The van der Waals surface area contributed by atoms with Crippen molar-refractivity contribution in [2.24, 2.45) is 0 Å². The van der Waals surface area contributed by atoms with E-state index in [2.05, 4.69) is 11.2 Å². The van der Waals surface area contributed by atoms with Gasteiger partial charge in [0.1, 0.15) is 0 Å². The van der Waals surface area contributed by atoms with Crippen LogP contribution in [-0.4, -0.2) is 32.4 Å². The Kier molecular flexibility index (Phi) is 5.67. The largest absolute Gasteiger partial charge is 0.289 e. The Morgan fingerprint density at radius 2 is 2.45 bits per heavy atom. The zero-order valence-corrected chi connectivity index (χ0v) is 12.5. The van der Waals surface area contributed by atoms with Gasteiger partial charge in [0.25, 0.3) is 5.91 Å². The third kappa shape index (κ3) is 3.86. The smallest absolute Gasteiger partial charge is 0.256 e. The first-order valence-corrected chi connectivity index (χ1v) is 8.22. The minimum absolute atomic E-state index is 0.249. The molecule has 0 aliphatic heterocycles. The Morgan fingerprint density at radius 1 is 1.60 bits per heavy atom. The van der Waals surface area contributed by atoms with Crippen LogP contribution >= 0.6 is 11.8 Å². The summed E-state index contributed by atoms with van der Waals surface area (Å²) in [6, 6.07) is 0. The topological polar surface area (TPSA) is 67.2 Å². The van der Waals surface area contributed by atoms with Crippen LogP contribution in [0.4, 0.5) is 0 Å². The second kappa shape index (κ2) is 7.50. The third-order valence-electron chi connectivity index (χ3n) is 3.60. The maximum Gasteiger partial charge on any atom is 0.256 e. The van der Waals surface area contributed by atoms with Crippen LogP contribution in [0, 0.1) is 0 Å². The molecule has 1 aliphatic carbocycles. The van der Waals surface area contributed by atoms with E-state index in [0.717, 1.165) is 12.8 Å². The minimum atomic E-state index is -0.347. The zero-order chi connectivity index (χ0) is 14.4. The average Bonchev–Trinajstić information content (AvgIpc) is 2.97. The number of aryl methyl sites for hydroxylation is 1. The molecule has 1 amide bonds. The van der Waals surface area contributed by atoms with Crippen LogP contribution in [0.3, 0.4) is 0 Å². The monoisotopic (exact) mass is 295 g/mol. The fourth-order valence-corrected chi connectivity index (χ4v) is 3.04. The summed E-state index contributed by atoms with van der Waals surface area (Å²) in [5.41, 5.74) is 4.29. The first-order chi connectivity index (χ1) is 9.74. The molecule has 5 nitrogen and oxygen atoms in total. The minimum Gasteiger partial charge on any atom is -0.289 e. The molecule has 1 aromatic rings. The number of carbonyl (C=O) groups excluding carboxylic acids is 1. The number of hydroxylamine groups is 1. The van der Waals surface area contributed by atoms with E-state index in [-0.39, 0.29) is 11.2 Å². The van der Waals surface area contributed by atoms with E-state index < -0.39 is 0 Å². The molecule has 0 spiro atoms. The second-order valence-corrected chi connectivity index (χ2v) is 6.00. The van der Waals surface area contributed by atoms with E-state index in [9.17, 15) is 4.79 Å². The van der Waals surface area contributed by atoms with Crippen molar-refractivity contribution in [2.45, 2.75) is 43.9 Å². The van der Waals surface area contributed by atoms with Gasteiger partial charge >= 0.3 is 0 Å². The lowest BCUT2D eigenvalue weighted by Gasteiger charge is -2.12. The Labute approximate surface area is 123 Å². The molecular formula is C14H21N3O2S. The Morgan fingerprint density at radius 3 is 3.10 bits per heavy atom. The molecule has 110 valence electrons. The molecule has 1 heterocycles. The van der Waals surface area contributed by atoms with Gasteiger partial charge in [-0.2, -0.15) is 16.9 Å². The predicted octanol–water partition coefficient (Wildman–Crippen LogP) is 2.47. The summed E-state index contributed by atoms with van der Waals surface area (Å²) in [4.78, 5) is 11.4. The van der Waals surface area contributed by atoms with Crippen molar-refractivity contribution >= 4 is 23.2 Å². The van der Waals surface area contributed by atoms with Gasteiger partial charge < -0.3 is 0 Å². The summed E-state index contributed by atoms with van der Waals surface area (Å²) in [5, 5.41) is 12.8. The molecule has 2 rings (SSSR count). The second-order valence-electron chi connectivity index (χ2n) is 4.96. The maximum atomic E-state index is 11.4. The van der Waals surface area contributed by atoms with Crippen LogP contribution in [0.2, 0.25) is 0 Å². The van der Waals surface area contributed by atoms with Gasteiger partial charge in [0.05, 0.1) is 11.4 Å². The SMILES string of the molecule is CSC(CCn1cc(C2=CCCCC2)cn1)C(=O)NO. The van der Waals surface area contributed by atoms with Crippen molar-refractivity contribution < 1.29 is 10.0 Å². The summed E-state index contributed by atoms with van der Waals surface area (Å²) in [6.07, 6.45) is 13.6. The van der Waals surface area contributed by atoms with Crippen molar-refractivity contribution in [1.29, 1.82) is 0 Å². The molecule has 0 saturated carbocycles. The Balaban J connectivity index is 1.92. The van der Waals surface area contributed by atoms with Crippen molar-refractivity contribution in [3.63, 3.8) is 0 Å². The van der Waals surface area contributed by atoms with E-state index in [0.29, 0.717) is 13.0 Å². The van der Waals surface area contributed by atoms with Crippen LogP contribution in [0.1, 0.15) is 37.7 Å². The van der Waals surface area contributed by atoms with E-state index in [4.69, 9.17) is 5.21 Å². The Bertz CT molecular complexity index is 485. The average molecular weight is 295 g/mol. The van der Waals surface area contributed by atoms with Gasteiger partial charge in [-0.15, -0.1) is 0 Å². The number of rotatable bonds is 6. The molecule has 1 aromatic heterocycles. The number of amides is 1. The van der Waals surface area contributed by atoms with Crippen LogP contribution in [0.25, 0.3) is 5.57 Å². The highest BCUT2D eigenvalue weighted by atomic mass is 32.2. The standard InChI is InChI=1S/C14H21N3O2S/c1-20-13(14(18)16-19)7-8-17-10-12(9-15-17)11-5-3-2-4-6-11/h5,9-10,13,19H,2-4,6-8H2,1H3,(H,16,18). The molecule has 0 aromatic carbocycles. The highest BCUT2D eigenvalue weighted by Gasteiger charge is 2.16. The lowest BCUT2D eigenvalue weighted by molar-refractivity contribution is -0.128. The molecule has 2 N–H and O–H groups in total. The van der Waals surface area contributed by atoms with Crippen LogP contribution in [0.5, 0.6) is 0 Å². The van der Waals surface area contributed by atoms with Gasteiger partial charge in [-0.25, -0.2) is 5.48 Å². The molecule has 1 atom stereocenters. The van der Waals surface area contributed by atoms with Gasteiger partial charge in [-0.3, -0.25) is 14.7 Å². The molecule has 0 fully saturated rings. The van der Waals surface area contributed by atoms with Crippen molar-refractivity contribution in [3.05, 3.63) is 24.0 Å². The highest BCUT2D eigenvalue weighted by Crippen LogP contribution is 2.26. The van der Waals surface area contributed by atoms with E-state index in [1.165, 1.54) is 35.7 Å². The molecule has 1 aliphatic rings. The molecule has 0 bridgehead atoms. The molecule has 1 unspecified atom stereocenters. The summed E-state index contributed by atoms with van der Waals surface area (Å²) in [7, 11) is 0. The highest BCUT2D eigenvalue weighted by molar-refractivity contribution is 7.99. The zero-order valence-electron chi connectivity index (χ0n) is 11.7. The van der Waals surface area contributed by atoms with E-state index in [1.807, 2.05) is 23.3 Å². The number of hydrogen-bond acceptors (Lipinski definition) is 4. The van der Waals surface area contributed by atoms with Crippen molar-refractivity contribution in [1.82, 2.24) is 15.3 Å². The number of thioether (sulfide) groups is 1. The number of nitrogens with zero attached hydrogens (tertiary/aromatic N) is 2.